The molecule has 0 aliphatic heterocycles. The Bertz CT molecular complexity index is 1310. The first-order valence-corrected chi connectivity index (χ1v) is 9.52. The number of nitrogens with one attached hydrogen (secondary N) is 1. The molecule has 4 rings (SSSR count). The molecule has 4 aromatic rings. The van der Waals surface area contributed by atoms with Crippen LogP contribution in [0.15, 0.2) is 77.3 Å². The number of anilines is 1. The fourth-order valence-corrected chi connectivity index (χ4v) is 3.06. The van der Waals surface area contributed by atoms with Gasteiger partial charge in [-0.2, -0.15) is 4.98 Å². The second-order valence-electron chi connectivity index (χ2n) is 6.86. The molecule has 1 aromatic heterocycles. The zero-order valence-electron chi connectivity index (χ0n) is 16.8. The van der Waals surface area contributed by atoms with Crippen molar-refractivity contribution in [1.29, 1.82) is 0 Å². The van der Waals surface area contributed by atoms with Crippen LogP contribution in [0.25, 0.3) is 11.5 Å². The minimum absolute atomic E-state index is 0.0247. The fourth-order valence-electron chi connectivity index (χ4n) is 3.06. The number of aryl methyl sites for hydroxylation is 1. The highest BCUT2D eigenvalue weighted by molar-refractivity contribution is 6.15. The van der Waals surface area contributed by atoms with E-state index in [1.54, 1.807) is 61.5 Å². The van der Waals surface area contributed by atoms with E-state index in [9.17, 15) is 19.7 Å². The molecule has 0 atom stereocenters. The first-order valence-electron chi connectivity index (χ1n) is 9.52. The maximum Gasteiger partial charge on any atom is 0.270 e. The van der Waals surface area contributed by atoms with E-state index in [2.05, 4.69) is 15.5 Å². The lowest BCUT2D eigenvalue weighted by Crippen LogP contribution is -2.15. The molecule has 1 N–H and O–H groups in total. The van der Waals surface area contributed by atoms with E-state index in [0.29, 0.717) is 28.4 Å². The Morgan fingerprint density at radius 2 is 1.69 bits per heavy atom. The first-order chi connectivity index (χ1) is 15.4. The predicted molar refractivity (Wildman–Crippen MR) is 115 cm³/mol. The summed E-state index contributed by atoms with van der Waals surface area (Å²) in [6, 6.07) is 18.6. The van der Waals surface area contributed by atoms with Crippen LogP contribution in [0.5, 0.6) is 0 Å². The number of carbonyl (C=O) groups excluding carboxylic acids is 2. The van der Waals surface area contributed by atoms with Crippen LogP contribution in [0.4, 0.5) is 11.4 Å². The summed E-state index contributed by atoms with van der Waals surface area (Å²) in [6.07, 6.45) is 0. The van der Waals surface area contributed by atoms with Gasteiger partial charge in [-0.25, -0.2) is 0 Å². The number of hydrogen-bond acceptors (Lipinski definition) is 7. The number of amides is 1. The van der Waals surface area contributed by atoms with Crippen molar-refractivity contribution in [2.75, 3.05) is 5.32 Å². The molecule has 0 saturated carbocycles. The largest absolute Gasteiger partial charge is 0.334 e. The summed E-state index contributed by atoms with van der Waals surface area (Å²) >= 11 is 0. The van der Waals surface area contributed by atoms with E-state index in [1.807, 2.05) is 0 Å². The molecule has 9 heteroatoms. The molecule has 0 bridgehead atoms. The van der Waals surface area contributed by atoms with Gasteiger partial charge in [0.25, 0.3) is 17.5 Å². The van der Waals surface area contributed by atoms with Crippen LogP contribution in [0.2, 0.25) is 0 Å². The lowest BCUT2D eigenvalue weighted by atomic mass is 10.0. The number of ketones is 1. The molecule has 1 amide bonds. The van der Waals surface area contributed by atoms with Crippen molar-refractivity contribution < 1.29 is 19.0 Å². The number of aromatic nitrogens is 2. The summed E-state index contributed by atoms with van der Waals surface area (Å²) in [7, 11) is 0. The summed E-state index contributed by atoms with van der Waals surface area (Å²) in [5.74, 6) is -0.0860. The van der Waals surface area contributed by atoms with E-state index in [0.717, 1.165) is 6.07 Å². The van der Waals surface area contributed by atoms with E-state index in [1.165, 1.54) is 12.1 Å². The van der Waals surface area contributed by atoms with Gasteiger partial charge in [0.2, 0.25) is 0 Å². The normalized spacial score (nSPS) is 10.5. The molecule has 1 heterocycles. The van der Waals surface area contributed by atoms with Crippen molar-refractivity contribution in [2.24, 2.45) is 0 Å². The molecular formula is C23H16N4O5. The Kier molecular flexibility index (Phi) is 5.54. The molecule has 0 aliphatic carbocycles. The van der Waals surface area contributed by atoms with E-state index < -0.39 is 16.6 Å². The number of nitrogens with zero attached hydrogens (tertiary/aromatic N) is 3. The molecular weight excluding hydrogens is 412 g/mol. The van der Waals surface area contributed by atoms with Crippen LogP contribution >= 0.6 is 0 Å². The Balaban J connectivity index is 1.62. The van der Waals surface area contributed by atoms with Crippen LogP contribution in [0.1, 0.15) is 32.1 Å². The molecule has 0 saturated heterocycles. The minimum atomic E-state index is -0.592. The molecule has 158 valence electrons. The number of nitro benzene ring substituents is 1. The van der Waals surface area contributed by atoms with Gasteiger partial charge >= 0.3 is 0 Å². The molecule has 0 fully saturated rings. The van der Waals surface area contributed by atoms with Crippen molar-refractivity contribution in [3.8, 4) is 11.5 Å². The van der Waals surface area contributed by atoms with Gasteiger partial charge < -0.3 is 9.84 Å². The zero-order valence-corrected chi connectivity index (χ0v) is 16.8. The molecule has 3 aromatic carbocycles. The van der Waals surface area contributed by atoms with Gasteiger partial charge in [0.15, 0.2) is 11.6 Å². The van der Waals surface area contributed by atoms with Crippen LogP contribution in [0, 0.1) is 17.0 Å². The van der Waals surface area contributed by atoms with Gasteiger partial charge in [-0.15, -0.1) is 0 Å². The average Bonchev–Trinajstić information content (AvgIpc) is 3.25. The minimum Gasteiger partial charge on any atom is -0.334 e. The van der Waals surface area contributed by atoms with Crippen molar-refractivity contribution in [1.82, 2.24) is 10.1 Å². The van der Waals surface area contributed by atoms with E-state index in [4.69, 9.17) is 4.52 Å². The van der Waals surface area contributed by atoms with Crippen molar-refractivity contribution >= 4 is 23.1 Å². The second-order valence-corrected chi connectivity index (χ2v) is 6.86. The average molecular weight is 428 g/mol. The Labute approximate surface area is 181 Å². The maximum atomic E-state index is 13.0. The molecule has 32 heavy (non-hydrogen) atoms. The number of hydrogen-bond donors (Lipinski definition) is 1. The Hall–Kier alpha value is -4.66. The van der Waals surface area contributed by atoms with Crippen molar-refractivity contribution in [3.63, 3.8) is 0 Å². The third-order valence-electron chi connectivity index (χ3n) is 4.66. The number of carbonyl (C=O) groups is 2. The van der Waals surface area contributed by atoms with E-state index >= 15 is 0 Å². The van der Waals surface area contributed by atoms with Gasteiger partial charge in [-0.05, 0) is 37.3 Å². The zero-order chi connectivity index (χ0) is 22.7. The van der Waals surface area contributed by atoms with Crippen molar-refractivity contribution in [3.05, 3.63) is 105 Å². The van der Waals surface area contributed by atoms with Crippen molar-refractivity contribution in [2.45, 2.75) is 6.92 Å². The standard InChI is InChI=1S/C23H16N4O5/c1-14-24-23(32-26-14)17-9-7-16(8-10-17)22(29)25-20-12-11-18(27(30)31)13-19(20)21(28)15-5-3-2-4-6-15/h2-13H,1H3,(H,25,29). The van der Waals surface area contributed by atoms with E-state index in [-0.39, 0.29) is 16.9 Å². The van der Waals surface area contributed by atoms with Gasteiger partial charge in [0.1, 0.15) is 0 Å². The number of nitro groups is 1. The lowest BCUT2D eigenvalue weighted by Gasteiger charge is -2.11. The van der Waals surface area contributed by atoms with Crippen LogP contribution in [-0.4, -0.2) is 26.8 Å². The first kappa shape index (κ1) is 20.6. The summed E-state index contributed by atoms with van der Waals surface area (Å²) in [5, 5.41) is 17.6. The predicted octanol–water partition coefficient (Wildman–Crippen LogP) is 4.44. The summed E-state index contributed by atoms with van der Waals surface area (Å²) in [5.41, 5.74) is 1.27. The highest BCUT2D eigenvalue weighted by atomic mass is 16.6. The second kappa shape index (κ2) is 8.60. The molecule has 0 spiro atoms. The van der Waals surface area contributed by atoms with Gasteiger partial charge in [-0.1, -0.05) is 35.5 Å². The van der Waals surface area contributed by atoms with Gasteiger partial charge in [0.05, 0.1) is 16.2 Å². The quantitative estimate of drug-likeness (QED) is 0.273. The molecule has 0 aliphatic rings. The third kappa shape index (κ3) is 4.26. The Morgan fingerprint density at radius 1 is 0.969 bits per heavy atom. The fraction of sp³-hybridized carbons (Fsp3) is 0.0435. The van der Waals surface area contributed by atoms with Gasteiger partial charge in [0, 0.05) is 28.8 Å². The van der Waals surface area contributed by atoms with Crippen LogP contribution in [0.3, 0.4) is 0 Å². The number of non-ortho nitro benzene ring substituents is 1. The third-order valence-corrected chi connectivity index (χ3v) is 4.66. The summed E-state index contributed by atoms with van der Waals surface area (Å²) in [4.78, 5) is 40.5. The highest BCUT2D eigenvalue weighted by Crippen LogP contribution is 2.26. The smallest absolute Gasteiger partial charge is 0.270 e. The Morgan fingerprint density at radius 3 is 2.31 bits per heavy atom. The molecule has 9 nitrogen and oxygen atoms in total. The lowest BCUT2D eigenvalue weighted by molar-refractivity contribution is -0.384. The maximum absolute atomic E-state index is 13.0. The molecule has 0 radical (unpaired) electrons. The highest BCUT2D eigenvalue weighted by Gasteiger charge is 2.20. The number of rotatable bonds is 6. The molecule has 0 unspecified atom stereocenters. The monoisotopic (exact) mass is 428 g/mol. The number of benzene rings is 3. The summed E-state index contributed by atoms with van der Waals surface area (Å²) < 4.78 is 5.11. The summed E-state index contributed by atoms with van der Waals surface area (Å²) in [6.45, 7) is 1.70. The van der Waals surface area contributed by atoms with Gasteiger partial charge in [-0.3, -0.25) is 19.7 Å². The van der Waals surface area contributed by atoms with Crippen LogP contribution < -0.4 is 5.32 Å². The van der Waals surface area contributed by atoms with Crippen LogP contribution in [-0.2, 0) is 0 Å². The topological polar surface area (TPSA) is 128 Å². The SMILES string of the molecule is Cc1noc(-c2ccc(C(=O)Nc3ccc([N+](=O)[O-])cc3C(=O)c3ccccc3)cc2)n1.